The van der Waals surface area contributed by atoms with Crippen molar-refractivity contribution in [3.63, 3.8) is 0 Å². The highest BCUT2D eigenvalue weighted by molar-refractivity contribution is 5.23. The number of ether oxygens (including phenoxy) is 1. The van der Waals surface area contributed by atoms with Gasteiger partial charge in [0, 0.05) is 7.11 Å². The molecule has 1 N–H and O–H groups in total. The molecule has 0 saturated carbocycles. The van der Waals surface area contributed by atoms with Crippen molar-refractivity contribution in [1.82, 2.24) is 0 Å². The van der Waals surface area contributed by atoms with E-state index < -0.39 is 0 Å². The molecule has 1 aromatic rings. The molecule has 0 aliphatic rings. The minimum Gasteiger partial charge on any atom is -0.393 e. The molecule has 0 spiro atoms. The summed E-state index contributed by atoms with van der Waals surface area (Å²) in [5, 5.41) is 9.50. The first kappa shape index (κ1) is 11.2. The van der Waals surface area contributed by atoms with Gasteiger partial charge in [-0.15, -0.1) is 0 Å². The summed E-state index contributed by atoms with van der Waals surface area (Å²) in [6, 6.07) is 8.16. The second kappa shape index (κ2) is 5.78. The van der Waals surface area contributed by atoms with E-state index in [1.807, 2.05) is 25.1 Å². The highest BCUT2D eigenvalue weighted by Crippen LogP contribution is 2.09. The second-order valence-corrected chi connectivity index (χ2v) is 3.52. The molecular weight excluding hydrogens is 176 g/mol. The van der Waals surface area contributed by atoms with E-state index in [0.717, 1.165) is 18.4 Å². The zero-order valence-corrected chi connectivity index (χ0v) is 8.86. The molecule has 0 aliphatic carbocycles. The maximum absolute atomic E-state index is 9.50. The van der Waals surface area contributed by atoms with Crippen molar-refractivity contribution in [2.24, 2.45) is 0 Å². The molecule has 78 valence electrons. The van der Waals surface area contributed by atoms with Gasteiger partial charge in [-0.3, -0.25) is 0 Å². The molecule has 1 rings (SSSR count). The summed E-state index contributed by atoms with van der Waals surface area (Å²) in [7, 11) is 1.69. The first-order chi connectivity index (χ1) is 6.76. The third kappa shape index (κ3) is 3.48. The third-order valence-electron chi connectivity index (χ3n) is 2.24. The van der Waals surface area contributed by atoms with Gasteiger partial charge >= 0.3 is 0 Å². The molecule has 0 unspecified atom stereocenters. The Kier molecular flexibility index (Phi) is 4.63. The molecule has 0 heterocycles. The highest BCUT2D eigenvalue weighted by Gasteiger charge is 2.02. The number of rotatable bonds is 5. The first-order valence-electron chi connectivity index (χ1n) is 5.01. The van der Waals surface area contributed by atoms with Gasteiger partial charge in [0.05, 0.1) is 12.7 Å². The summed E-state index contributed by atoms with van der Waals surface area (Å²) in [6.45, 7) is 2.62. The van der Waals surface area contributed by atoms with Crippen LogP contribution < -0.4 is 0 Å². The fourth-order valence-corrected chi connectivity index (χ4v) is 1.43. The number of aliphatic hydroxyl groups excluding tert-OH is 1. The monoisotopic (exact) mass is 194 g/mol. The van der Waals surface area contributed by atoms with E-state index in [1.54, 1.807) is 7.11 Å². The molecule has 0 aliphatic heterocycles. The van der Waals surface area contributed by atoms with Gasteiger partial charge in [-0.2, -0.15) is 0 Å². The summed E-state index contributed by atoms with van der Waals surface area (Å²) in [4.78, 5) is 0. The summed E-state index contributed by atoms with van der Waals surface area (Å²) in [5.41, 5.74) is 2.34. The third-order valence-corrected chi connectivity index (χ3v) is 2.24. The average molecular weight is 194 g/mol. The molecular formula is C12H18O2. The largest absolute Gasteiger partial charge is 0.393 e. The zero-order valence-electron chi connectivity index (χ0n) is 8.86. The van der Waals surface area contributed by atoms with E-state index in [1.165, 1.54) is 5.56 Å². The van der Waals surface area contributed by atoms with Gasteiger partial charge in [0.15, 0.2) is 0 Å². The van der Waals surface area contributed by atoms with Crippen LogP contribution in [0.4, 0.5) is 0 Å². The van der Waals surface area contributed by atoms with Gasteiger partial charge in [0.2, 0.25) is 0 Å². The normalized spacial score (nSPS) is 12.8. The number of aliphatic hydroxyl groups is 1. The van der Waals surface area contributed by atoms with Crippen LogP contribution in [0.2, 0.25) is 0 Å². The van der Waals surface area contributed by atoms with Gasteiger partial charge in [-0.25, -0.2) is 0 Å². The van der Waals surface area contributed by atoms with Crippen molar-refractivity contribution in [3.05, 3.63) is 35.4 Å². The molecule has 0 aromatic heterocycles. The molecule has 0 amide bonds. The molecule has 0 saturated heterocycles. The highest BCUT2D eigenvalue weighted by atomic mass is 16.5. The van der Waals surface area contributed by atoms with Gasteiger partial charge in [-0.1, -0.05) is 31.2 Å². The van der Waals surface area contributed by atoms with Gasteiger partial charge in [0.25, 0.3) is 0 Å². The summed E-state index contributed by atoms with van der Waals surface area (Å²) in [6.07, 6.45) is 1.30. The lowest BCUT2D eigenvalue weighted by atomic mass is 10.0. The van der Waals surface area contributed by atoms with Crippen LogP contribution in [0.25, 0.3) is 0 Å². The molecule has 0 bridgehead atoms. The predicted octanol–water partition coefficient (Wildman–Crippen LogP) is 2.15. The number of hydrogen-bond donors (Lipinski definition) is 1. The summed E-state index contributed by atoms with van der Waals surface area (Å²) in [5.74, 6) is 0. The topological polar surface area (TPSA) is 29.5 Å². The molecule has 1 aromatic carbocycles. The predicted molar refractivity (Wildman–Crippen MR) is 57.2 cm³/mol. The molecule has 0 radical (unpaired) electrons. The van der Waals surface area contributed by atoms with Crippen molar-refractivity contribution in [3.8, 4) is 0 Å². The van der Waals surface area contributed by atoms with Crippen molar-refractivity contribution in [2.75, 3.05) is 7.11 Å². The van der Waals surface area contributed by atoms with E-state index in [-0.39, 0.29) is 6.10 Å². The maximum Gasteiger partial charge on any atom is 0.0713 e. The number of methoxy groups -OCH3 is 1. The Morgan fingerprint density at radius 3 is 2.71 bits per heavy atom. The van der Waals surface area contributed by atoms with E-state index in [9.17, 15) is 5.11 Å². The van der Waals surface area contributed by atoms with Crippen LogP contribution in [-0.2, 0) is 17.8 Å². The lowest BCUT2D eigenvalue weighted by molar-refractivity contribution is 0.170. The van der Waals surface area contributed by atoms with Crippen LogP contribution in [0.5, 0.6) is 0 Å². The fourth-order valence-electron chi connectivity index (χ4n) is 1.43. The Bertz CT molecular complexity index is 271. The molecule has 14 heavy (non-hydrogen) atoms. The SMILES string of the molecule is CC[C@@H](O)Cc1cccc(COC)c1. The lowest BCUT2D eigenvalue weighted by Crippen LogP contribution is -2.08. The smallest absolute Gasteiger partial charge is 0.0713 e. The minimum absolute atomic E-state index is 0.229. The van der Waals surface area contributed by atoms with Gasteiger partial charge < -0.3 is 9.84 Å². The summed E-state index contributed by atoms with van der Waals surface area (Å²) < 4.78 is 5.05. The Morgan fingerprint density at radius 1 is 1.36 bits per heavy atom. The Balaban J connectivity index is 2.63. The zero-order chi connectivity index (χ0) is 10.4. The van der Waals surface area contributed by atoms with Gasteiger partial charge in [0.1, 0.15) is 0 Å². The van der Waals surface area contributed by atoms with Crippen LogP contribution in [0.3, 0.4) is 0 Å². The molecule has 0 fully saturated rings. The van der Waals surface area contributed by atoms with Crippen molar-refractivity contribution >= 4 is 0 Å². The number of benzene rings is 1. The Labute approximate surface area is 85.5 Å². The average Bonchev–Trinajstić information content (AvgIpc) is 2.19. The lowest BCUT2D eigenvalue weighted by Gasteiger charge is -2.08. The van der Waals surface area contributed by atoms with Crippen LogP contribution >= 0.6 is 0 Å². The maximum atomic E-state index is 9.50. The second-order valence-electron chi connectivity index (χ2n) is 3.52. The quantitative estimate of drug-likeness (QED) is 0.778. The van der Waals surface area contributed by atoms with Gasteiger partial charge in [-0.05, 0) is 24.0 Å². The van der Waals surface area contributed by atoms with Crippen molar-refractivity contribution in [1.29, 1.82) is 0 Å². The fraction of sp³-hybridized carbons (Fsp3) is 0.500. The summed E-state index contributed by atoms with van der Waals surface area (Å²) >= 11 is 0. The van der Waals surface area contributed by atoms with Crippen molar-refractivity contribution in [2.45, 2.75) is 32.5 Å². The van der Waals surface area contributed by atoms with Crippen LogP contribution in [-0.4, -0.2) is 18.3 Å². The minimum atomic E-state index is -0.229. The van der Waals surface area contributed by atoms with E-state index in [0.29, 0.717) is 6.61 Å². The molecule has 1 atom stereocenters. The van der Waals surface area contributed by atoms with E-state index >= 15 is 0 Å². The number of hydrogen-bond acceptors (Lipinski definition) is 2. The van der Waals surface area contributed by atoms with E-state index in [2.05, 4.69) is 6.07 Å². The first-order valence-corrected chi connectivity index (χ1v) is 5.01. The molecule has 2 nitrogen and oxygen atoms in total. The van der Waals surface area contributed by atoms with E-state index in [4.69, 9.17) is 4.74 Å². The van der Waals surface area contributed by atoms with Crippen LogP contribution in [0.15, 0.2) is 24.3 Å². The van der Waals surface area contributed by atoms with Crippen molar-refractivity contribution < 1.29 is 9.84 Å². The van der Waals surface area contributed by atoms with Crippen LogP contribution in [0.1, 0.15) is 24.5 Å². The Morgan fingerprint density at radius 2 is 2.07 bits per heavy atom. The standard InChI is InChI=1S/C12H18O2/c1-3-12(13)8-10-5-4-6-11(7-10)9-14-2/h4-7,12-13H,3,8-9H2,1-2H3/t12-/m1/s1. The molecule has 2 heteroatoms. The van der Waals surface area contributed by atoms with Crippen LogP contribution in [0, 0.1) is 0 Å². The Hall–Kier alpha value is -0.860.